The van der Waals surface area contributed by atoms with Crippen LogP contribution in [0.2, 0.25) is 0 Å². The molecule has 0 unspecified atom stereocenters. The van der Waals surface area contributed by atoms with Gasteiger partial charge >= 0.3 is 0 Å². The summed E-state index contributed by atoms with van der Waals surface area (Å²) in [6.07, 6.45) is 0.777. The molecule has 0 saturated heterocycles. The van der Waals surface area contributed by atoms with Crippen molar-refractivity contribution in [2.45, 2.75) is 24.3 Å². The molecule has 0 radical (unpaired) electrons. The van der Waals surface area contributed by atoms with E-state index in [4.69, 9.17) is 15.2 Å². The van der Waals surface area contributed by atoms with E-state index in [1.54, 1.807) is 13.0 Å². The van der Waals surface area contributed by atoms with E-state index in [1.165, 1.54) is 12.1 Å². The molecule has 1 aromatic carbocycles. The topological polar surface area (TPSA) is 90.7 Å². The van der Waals surface area contributed by atoms with Crippen LogP contribution in [0, 0.1) is 0 Å². The molecule has 0 amide bonds. The Bertz CT molecular complexity index is 550. The summed E-state index contributed by atoms with van der Waals surface area (Å²) < 4.78 is 37.6. The molecule has 1 atom stereocenters. The number of halogens is 1. The van der Waals surface area contributed by atoms with Crippen molar-refractivity contribution >= 4 is 22.4 Å². The molecular weight excluding hydrogens is 304 g/mol. The molecule has 1 aromatic rings. The zero-order valence-corrected chi connectivity index (χ0v) is 12.8. The zero-order valence-electron chi connectivity index (χ0n) is 11.2. The van der Waals surface area contributed by atoms with Crippen LogP contribution in [-0.4, -0.2) is 34.2 Å². The van der Waals surface area contributed by atoms with Crippen LogP contribution in [0.15, 0.2) is 23.1 Å². The molecule has 8 heteroatoms. The van der Waals surface area contributed by atoms with Crippen molar-refractivity contribution in [3.63, 3.8) is 0 Å². The molecule has 0 aliphatic carbocycles. The van der Waals surface area contributed by atoms with Gasteiger partial charge in [0.25, 0.3) is 0 Å². The Hall–Kier alpha value is -1.02. The maximum Gasteiger partial charge on any atom is 0.240 e. The molecule has 0 aromatic heterocycles. The molecule has 0 spiro atoms. The van der Waals surface area contributed by atoms with Crippen molar-refractivity contribution in [1.82, 2.24) is 4.72 Å². The van der Waals surface area contributed by atoms with Crippen LogP contribution in [0.5, 0.6) is 11.5 Å². The highest BCUT2D eigenvalue weighted by atomic mass is 35.5. The van der Waals surface area contributed by atoms with Crippen molar-refractivity contribution < 1.29 is 17.9 Å². The summed E-state index contributed by atoms with van der Waals surface area (Å²) >= 11 is 0. The fourth-order valence-electron chi connectivity index (χ4n) is 1.69. The normalized spacial score (nSPS) is 15.9. The Morgan fingerprint density at radius 2 is 1.95 bits per heavy atom. The number of hydrogen-bond donors (Lipinski definition) is 2. The predicted molar refractivity (Wildman–Crippen MR) is 78.1 cm³/mol. The van der Waals surface area contributed by atoms with Crippen LogP contribution in [0.1, 0.15) is 13.3 Å². The molecule has 1 heterocycles. The second-order valence-corrected chi connectivity index (χ2v) is 6.13. The van der Waals surface area contributed by atoms with Gasteiger partial charge in [0.2, 0.25) is 10.0 Å². The molecule has 3 N–H and O–H groups in total. The maximum atomic E-state index is 12.1. The average molecular weight is 323 g/mol. The number of nitrogens with two attached hydrogens (primary N) is 1. The van der Waals surface area contributed by atoms with Crippen molar-refractivity contribution in [1.29, 1.82) is 0 Å². The van der Waals surface area contributed by atoms with E-state index in [0.717, 1.165) is 6.42 Å². The van der Waals surface area contributed by atoms with Crippen LogP contribution in [0.25, 0.3) is 0 Å². The number of benzene rings is 1. The Kier molecular flexibility index (Phi) is 6.07. The lowest BCUT2D eigenvalue weighted by Gasteiger charge is -2.13. The summed E-state index contributed by atoms with van der Waals surface area (Å²) in [6.45, 7) is 3.04. The second-order valence-electron chi connectivity index (χ2n) is 4.42. The Balaban J connectivity index is 0.00000200. The first-order valence-corrected chi connectivity index (χ1v) is 7.63. The number of hydrogen-bond acceptors (Lipinski definition) is 5. The summed E-state index contributed by atoms with van der Waals surface area (Å²) in [6, 6.07) is 4.27. The van der Waals surface area contributed by atoms with E-state index in [0.29, 0.717) is 24.7 Å². The Labute approximate surface area is 125 Å². The van der Waals surface area contributed by atoms with Gasteiger partial charge in [-0.05, 0) is 19.1 Å². The van der Waals surface area contributed by atoms with E-state index in [2.05, 4.69) is 4.72 Å². The highest BCUT2D eigenvalue weighted by Crippen LogP contribution is 2.31. The van der Waals surface area contributed by atoms with Gasteiger partial charge in [0.05, 0.1) is 18.1 Å². The molecule has 114 valence electrons. The third kappa shape index (κ3) is 3.99. The van der Waals surface area contributed by atoms with Crippen LogP contribution in [0.3, 0.4) is 0 Å². The first-order valence-electron chi connectivity index (χ1n) is 6.15. The molecule has 20 heavy (non-hydrogen) atoms. The van der Waals surface area contributed by atoms with Crippen molar-refractivity contribution in [2.24, 2.45) is 5.73 Å². The lowest BCUT2D eigenvalue weighted by Crippen LogP contribution is -2.37. The number of sulfonamides is 1. The van der Waals surface area contributed by atoms with E-state index < -0.39 is 10.0 Å². The standard InChI is InChI=1S/C12H18N2O4S.ClH/c1-9(8-13)14-19(15,16)10-3-4-11-12(7-10)18-6-2-5-17-11;/h3-4,7,9,14H,2,5-6,8,13H2,1H3;1H/t9-;/m0./s1. The third-order valence-electron chi connectivity index (χ3n) is 2.74. The van der Waals surface area contributed by atoms with Gasteiger partial charge in [-0.3, -0.25) is 0 Å². The monoisotopic (exact) mass is 322 g/mol. The predicted octanol–water partition coefficient (Wildman–Crippen LogP) is 0.895. The SMILES string of the molecule is C[C@@H](CN)NS(=O)(=O)c1ccc2c(c1)OCCCO2.Cl. The summed E-state index contributed by atoms with van der Waals surface area (Å²) in [4.78, 5) is 0.150. The maximum absolute atomic E-state index is 12.1. The van der Waals surface area contributed by atoms with Gasteiger partial charge in [0.1, 0.15) is 0 Å². The number of fused-ring (bicyclic) bond motifs is 1. The first kappa shape index (κ1) is 17.0. The Morgan fingerprint density at radius 3 is 2.60 bits per heavy atom. The Morgan fingerprint density at radius 1 is 1.30 bits per heavy atom. The zero-order chi connectivity index (χ0) is 13.9. The number of rotatable bonds is 4. The average Bonchev–Trinajstić information content (AvgIpc) is 2.62. The van der Waals surface area contributed by atoms with Gasteiger partial charge in [-0.15, -0.1) is 12.4 Å². The van der Waals surface area contributed by atoms with Crippen molar-refractivity contribution in [2.75, 3.05) is 19.8 Å². The summed E-state index contributed by atoms with van der Waals surface area (Å²) in [5.41, 5.74) is 5.42. The minimum Gasteiger partial charge on any atom is -0.490 e. The van der Waals surface area contributed by atoms with Gasteiger partial charge in [-0.2, -0.15) is 0 Å². The smallest absolute Gasteiger partial charge is 0.240 e. The first-order chi connectivity index (χ1) is 9.03. The van der Waals surface area contributed by atoms with E-state index in [9.17, 15) is 8.42 Å². The minimum absolute atomic E-state index is 0. The summed E-state index contributed by atoms with van der Waals surface area (Å²) in [5.74, 6) is 1.03. The quantitative estimate of drug-likeness (QED) is 0.859. The molecule has 6 nitrogen and oxygen atoms in total. The lowest BCUT2D eigenvalue weighted by atomic mass is 10.3. The van der Waals surface area contributed by atoms with Crippen LogP contribution >= 0.6 is 12.4 Å². The summed E-state index contributed by atoms with van der Waals surface area (Å²) in [7, 11) is -3.58. The molecular formula is C12H19ClN2O4S. The van der Waals surface area contributed by atoms with E-state index >= 15 is 0 Å². The molecule has 0 fully saturated rings. The minimum atomic E-state index is -3.58. The third-order valence-corrected chi connectivity index (χ3v) is 4.33. The highest BCUT2D eigenvalue weighted by molar-refractivity contribution is 7.89. The van der Waals surface area contributed by atoms with Crippen LogP contribution < -0.4 is 19.9 Å². The van der Waals surface area contributed by atoms with Gasteiger partial charge in [0, 0.05) is 25.1 Å². The molecule has 1 aliphatic heterocycles. The van der Waals surface area contributed by atoms with Gasteiger partial charge < -0.3 is 15.2 Å². The largest absolute Gasteiger partial charge is 0.490 e. The van der Waals surface area contributed by atoms with Crippen molar-refractivity contribution in [3.05, 3.63) is 18.2 Å². The molecule has 2 rings (SSSR count). The molecule has 0 bridgehead atoms. The van der Waals surface area contributed by atoms with Gasteiger partial charge in [-0.1, -0.05) is 0 Å². The number of nitrogens with one attached hydrogen (secondary N) is 1. The van der Waals surface area contributed by atoms with Crippen LogP contribution in [-0.2, 0) is 10.0 Å². The second kappa shape index (κ2) is 7.12. The van der Waals surface area contributed by atoms with Crippen LogP contribution in [0.4, 0.5) is 0 Å². The molecule has 0 saturated carbocycles. The fraction of sp³-hybridized carbons (Fsp3) is 0.500. The lowest BCUT2D eigenvalue weighted by molar-refractivity contribution is 0.297. The highest BCUT2D eigenvalue weighted by Gasteiger charge is 2.20. The van der Waals surface area contributed by atoms with Crippen molar-refractivity contribution in [3.8, 4) is 11.5 Å². The molecule has 1 aliphatic rings. The summed E-state index contributed by atoms with van der Waals surface area (Å²) in [5, 5.41) is 0. The fourth-order valence-corrected chi connectivity index (χ4v) is 2.96. The number of ether oxygens (including phenoxy) is 2. The van der Waals surface area contributed by atoms with E-state index in [1.807, 2.05) is 0 Å². The van der Waals surface area contributed by atoms with E-state index in [-0.39, 0.29) is 29.9 Å². The van der Waals surface area contributed by atoms with Gasteiger partial charge in [0.15, 0.2) is 11.5 Å². The van der Waals surface area contributed by atoms with Gasteiger partial charge in [-0.25, -0.2) is 13.1 Å².